The minimum atomic E-state index is 0.970. The van der Waals surface area contributed by atoms with E-state index in [0.717, 1.165) is 12.0 Å². The van der Waals surface area contributed by atoms with E-state index < -0.39 is 0 Å². The number of hydrogen-bond acceptors (Lipinski definition) is 1. The minimum Gasteiger partial charge on any atom is -0.300 e. The summed E-state index contributed by atoms with van der Waals surface area (Å²) < 4.78 is 0. The predicted octanol–water partition coefficient (Wildman–Crippen LogP) is 2.66. The van der Waals surface area contributed by atoms with Gasteiger partial charge in [-0.25, -0.2) is 0 Å². The summed E-state index contributed by atoms with van der Waals surface area (Å²) in [7, 11) is 0. The van der Waals surface area contributed by atoms with E-state index in [4.69, 9.17) is 0 Å². The molecule has 0 amide bonds. The molecule has 12 heavy (non-hydrogen) atoms. The fourth-order valence-corrected chi connectivity index (χ4v) is 3.05. The monoisotopic (exact) mass is 167 g/mol. The van der Waals surface area contributed by atoms with Gasteiger partial charge in [0.15, 0.2) is 0 Å². The molecular weight excluding hydrogens is 146 g/mol. The molecule has 0 radical (unpaired) electrons. The second-order valence-corrected chi connectivity index (χ2v) is 4.41. The third kappa shape index (κ3) is 1.52. The zero-order chi connectivity index (χ0) is 8.39. The lowest BCUT2D eigenvalue weighted by Gasteiger charge is -2.44. The SMILES string of the molecule is CCC1CCCN2CCCCC12. The van der Waals surface area contributed by atoms with Crippen molar-refractivity contribution < 1.29 is 0 Å². The Labute approximate surface area is 76.1 Å². The van der Waals surface area contributed by atoms with Gasteiger partial charge in [-0.1, -0.05) is 19.8 Å². The fraction of sp³-hybridized carbons (Fsp3) is 1.00. The summed E-state index contributed by atoms with van der Waals surface area (Å²) in [6.45, 7) is 5.14. The molecular formula is C11H21N. The highest BCUT2D eigenvalue weighted by Crippen LogP contribution is 2.32. The second-order valence-electron chi connectivity index (χ2n) is 4.41. The van der Waals surface area contributed by atoms with Gasteiger partial charge in [-0.15, -0.1) is 0 Å². The number of nitrogens with zero attached hydrogens (tertiary/aromatic N) is 1. The first-order valence-corrected chi connectivity index (χ1v) is 5.66. The third-order valence-electron chi connectivity index (χ3n) is 3.75. The van der Waals surface area contributed by atoms with E-state index in [2.05, 4.69) is 11.8 Å². The molecule has 1 nitrogen and oxygen atoms in total. The van der Waals surface area contributed by atoms with Crippen molar-refractivity contribution in [3.63, 3.8) is 0 Å². The normalized spacial score (nSPS) is 37.8. The van der Waals surface area contributed by atoms with Crippen LogP contribution in [0.3, 0.4) is 0 Å². The van der Waals surface area contributed by atoms with Crippen LogP contribution >= 0.6 is 0 Å². The Morgan fingerprint density at radius 1 is 1.08 bits per heavy atom. The van der Waals surface area contributed by atoms with Crippen LogP contribution in [-0.2, 0) is 0 Å². The summed E-state index contributed by atoms with van der Waals surface area (Å²) in [5, 5.41) is 0. The lowest BCUT2D eigenvalue weighted by molar-refractivity contribution is 0.0580. The van der Waals surface area contributed by atoms with Gasteiger partial charge in [-0.2, -0.15) is 0 Å². The minimum absolute atomic E-state index is 0.970. The van der Waals surface area contributed by atoms with Crippen LogP contribution in [0.2, 0.25) is 0 Å². The van der Waals surface area contributed by atoms with Crippen molar-refractivity contribution >= 4 is 0 Å². The molecule has 2 fully saturated rings. The summed E-state index contributed by atoms with van der Waals surface area (Å²) in [6, 6.07) is 0.970. The number of piperidine rings is 2. The lowest BCUT2D eigenvalue weighted by atomic mass is 9.82. The summed E-state index contributed by atoms with van der Waals surface area (Å²) in [5.74, 6) is 1.03. The van der Waals surface area contributed by atoms with E-state index in [9.17, 15) is 0 Å². The van der Waals surface area contributed by atoms with E-state index in [1.54, 1.807) is 0 Å². The van der Waals surface area contributed by atoms with Gasteiger partial charge in [0.2, 0.25) is 0 Å². The van der Waals surface area contributed by atoms with Crippen LogP contribution in [0.5, 0.6) is 0 Å². The molecule has 2 rings (SSSR count). The van der Waals surface area contributed by atoms with Crippen LogP contribution in [0.25, 0.3) is 0 Å². The molecule has 0 N–H and O–H groups in total. The van der Waals surface area contributed by atoms with Crippen molar-refractivity contribution in [1.29, 1.82) is 0 Å². The maximum absolute atomic E-state index is 2.75. The first kappa shape index (κ1) is 8.55. The molecule has 0 spiro atoms. The molecule has 2 unspecified atom stereocenters. The Morgan fingerprint density at radius 3 is 2.75 bits per heavy atom. The Balaban J connectivity index is 1.99. The molecule has 0 aromatic heterocycles. The summed E-state index contributed by atoms with van der Waals surface area (Å²) in [4.78, 5) is 2.75. The van der Waals surface area contributed by atoms with Gasteiger partial charge >= 0.3 is 0 Å². The topological polar surface area (TPSA) is 3.24 Å². The van der Waals surface area contributed by atoms with Crippen molar-refractivity contribution in [3.8, 4) is 0 Å². The van der Waals surface area contributed by atoms with Crippen LogP contribution in [0.4, 0.5) is 0 Å². The zero-order valence-corrected chi connectivity index (χ0v) is 8.26. The Bertz CT molecular complexity index is 135. The number of rotatable bonds is 1. The van der Waals surface area contributed by atoms with Crippen LogP contribution in [-0.4, -0.2) is 24.0 Å². The molecule has 2 aliphatic rings. The van der Waals surface area contributed by atoms with E-state index in [1.807, 2.05) is 0 Å². The number of fused-ring (bicyclic) bond motifs is 1. The van der Waals surface area contributed by atoms with Gasteiger partial charge in [-0.05, 0) is 44.7 Å². The standard InChI is InChI=1S/C11H21N/c1-2-10-6-5-9-12-8-4-3-7-11(10)12/h10-11H,2-9H2,1H3. The Morgan fingerprint density at radius 2 is 1.92 bits per heavy atom. The van der Waals surface area contributed by atoms with Gasteiger partial charge in [0, 0.05) is 6.04 Å². The highest BCUT2D eigenvalue weighted by Gasteiger charge is 2.31. The Hall–Kier alpha value is -0.0400. The van der Waals surface area contributed by atoms with Gasteiger partial charge in [0.25, 0.3) is 0 Å². The molecule has 0 saturated carbocycles. The first-order chi connectivity index (χ1) is 5.92. The van der Waals surface area contributed by atoms with Crippen LogP contribution in [0.1, 0.15) is 45.4 Å². The van der Waals surface area contributed by atoms with Gasteiger partial charge in [0.1, 0.15) is 0 Å². The molecule has 0 bridgehead atoms. The summed E-state index contributed by atoms with van der Waals surface area (Å²) >= 11 is 0. The maximum atomic E-state index is 2.75. The summed E-state index contributed by atoms with van der Waals surface area (Å²) in [5.41, 5.74) is 0. The van der Waals surface area contributed by atoms with E-state index in [0.29, 0.717) is 0 Å². The third-order valence-corrected chi connectivity index (χ3v) is 3.75. The highest BCUT2D eigenvalue weighted by molar-refractivity contribution is 4.86. The molecule has 0 aromatic carbocycles. The fourth-order valence-electron chi connectivity index (χ4n) is 3.05. The van der Waals surface area contributed by atoms with Gasteiger partial charge in [-0.3, -0.25) is 0 Å². The van der Waals surface area contributed by atoms with Crippen LogP contribution in [0, 0.1) is 5.92 Å². The molecule has 1 heteroatoms. The second kappa shape index (κ2) is 3.78. The van der Waals surface area contributed by atoms with Crippen LogP contribution in [0.15, 0.2) is 0 Å². The smallest absolute Gasteiger partial charge is 0.0123 e. The molecule has 2 saturated heterocycles. The van der Waals surface area contributed by atoms with Crippen molar-refractivity contribution in [2.24, 2.45) is 5.92 Å². The quantitative estimate of drug-likeness (QED) is 0.580. The first-order valence-electron chi connectivity index (χ1n) is 5.66. The lowest BCUT2D eigenvalue weighted by Crippen LogP contribution is -2.47. The molecule has 70 valence electrons. The van der Waals surface area contributed by atoms with Crippen molar-refractivity contribution in [1.82, 2.24) is 4.90 Å². The highest BCUT2D eigenvalue weighted by atomic mass is 15.2. The molecule has 2 atom stereocenters. The largest absolute Gasteiger partial charge is 0.300 e. The zero-order valence-electron chi connectivity index (χ0n) is 8.26. The van der Waals surface area contributed by atoms with E-state index >= 15 is 0 Å². The van der Waals surface area contributed by atoms with Gasteiger partial charge in [0.05, 0.1) is 0 Å². The van der Waals surface area contributed by atoms with E-state index in [-0.39, 0.29) is 0 Å². The Kier molecular flexibility index (Phi) is 2.69. The molecule has 0 aromatic rings. The molecule has 2 aliphatic heterocycles. The van der Waals surface area contributed by atoms with Crippen molar-refractivity contribution in [2.75, 3.05) is 13.1 Å². The van der Waals surface area contributed by atoms with Crippen LogP contribution < -0.4 is 0 Å². The van der Waals surface area contributed by atoms with Crippen molar-refractivity contribution in [2.45, 2.75) is 51.5 Å². The van der Waals surface area contributed by atoms with Gasteiger partial charge < -0.3 is 4.90 Å². The average Bonchev–Trinajstić information content (AvgIpc) is 2.17. The van der Waals surface area contributed by atoms with Crippen molar-refractivity contribution in [3.05, 3.63) is 0 Å². The molecule has 2 heterocycles. The molecule has 0 aliphatic carbocycles. The van der Waals surface area contributed by atoms with E-state index in [1.165, 1.54) is 51.6 Å². The average molecular weight is 167 g/mol. The predicted molar refractivity (Wildman–Crippen MR) is 52.2 cm³/mol. The number of hydrogen-bond donors (Lipinski definition) is 0. The summed E-state index contributed by atoms with van der Waals surface area (Å²) in [6.07, 6.45) is 8.77. The maximum Gasteiger partial charge on any atom is 0.0123 e.